The maximum Gasteiger partial charge on any atom is 0.202 e. The van der Waals surface area contributed by atoms with E-state index < -0.39 is 82.6 Å². The third-order valence-electron chi connectivity index (χ3n) is 7.80. The van der Waals surface area contributed by atoms with Crippen molar-refractivity contribution < 1.29 is 49.0 Å². The van der Waals surface area contributed by atoms with E-state index in [4.69, 9.17) is 19.9 Å². The molecule has 1 heterocycles. The number of benzene rings is 2. The van der Waals surface area contributed by atoms with Crippen LogP contribution in [0.5, 0.6) is 17.2 Å². The van der Waals surface area contributed by atoms with E-state index in [0.717, 1.165) is 0 Å². The monoisotopic (exact) mass is 527 g/mol. The average Bonchev–Trinajstić information content (AvgIpc) is 2.87. The van der Waals surface area contributed by atoms with Crippen LogP contribution in [0.25, 0.3) is 0 Å². The third kappa shape index (κ3) is 3.81. The first-order chi connectivity index (χ1) is 17.9. The second kappa shape index (κ2) is 9.14. The summed E-state index contributed by atoms with van der Waals surface area (Å²) in [4.78, 5) is 39.6. The van der Waals surface area contributed by atoms with Crippen LogP contribution < -0.4 is 10.5 Å². The normalized spacial score (nSPS) is 30.3. The SMILES string of the molecule is COc1cccc2c1C(=O)c1c(O)c3c(c(O)c1C2=O)C[C@](O)(C(C)=O)C[C@@H]3O[C@@H]1C[C@@H](N)[C@@H](O)[C@H](C)O1. The molecule has 2 aliphatic carbocycles. The maximum atomic E-state index is 13.6. The number of fused-ring (bicyclic) bond motifs is 3. The molecule has 202 valence electrons. The van der Waals surface area contributed by atoms with Crippen molar-refractivity contribution in [3.8, 4) is 17.2 Å². The molecular formula is C27H29NO10. The minimum Gasteiger partial charge on any atom is -0.507 e. The van der Waals surface area contributed by atoms with Crippen molar-refractivity contribution in [1.82, 2.24) is 0 Å². The van der Waals surface area contributed by atoms with Crippen molar-refractivity contribution in [3.63, 3.8) is 0 Å². The van der Waals surface area contributed by atoms with Crippen molar-refractivity contribution in [3.05, 3.63) is 51.6 Å². The Morgan fingerprint density at radius 1 is 1.13 bits per heavy atom. The van der Waals surface area contributed by atoms with E-state index in [0.29, 0.717) is 0 Å². The van der Waals surface area contributed by atoms with Gasteiger partial charge in [-0.2, -0.15) is 0 Å². The van der Waals surface area contributed by atoms with Crippen LogP contribution in [0.1, 0.15) is 75.8 Å². The quantitative estimate of drug-likeness (QED) is 0.305. The molecule has 3 aliphatic rings. The number of phenols is 2. The highest BCUT2D eigenvalue weighted by Crippen LogP contribution is 2.52. The average molecular weight is 528 g/mol. The lowest BCUT2D eigenvalue weighted by molar-refractivity contribution is -0.247. The lowest BCUT2D eigenvalue weighted by Crippen LogP contribution is -2.52. The van der Waals surface area contributed by atoms with E-state index in [-0.39, 0.29) is 40.8 Å². The first kappa shape index (κ1) is 26.3. The number of phenolic OH excluding ortho intramolecular Hbond substituents is 2. The van der Waals surface area contributed by atoms with Gasteiger partial charge in [0, 0.05) is 42.0 Å². The Labute approximate surface area is 217 Å². The van der Waals surface area contributed by atoms with Gasteiger partial charge in [0.15, 0.2) is 17.9 Å². The molecule has 0 unspecified atom stereocenters. The maximum absolute atomic E-state index is 13.6. The number of ketones is 3. The highest BCUT2D eigenvalue weighted by atomic mass is 16.7. The number of ether oxygens (including phenoxy) is 3. The Hall–Kier alpha value is -3.35. The number of nitrogens with two attached hydrogens (primary N) is 1. The van der Waals surface area contributed by atoms with Gasteiger partial charge >= 0.3 is 0 Å². The van der Waals surface area contributed by atoms with Gasteiger partial charge in [-0.25, -0.2) is 0 Å². The summed E-state index contributed by atoms with van der Waals surface area (Å²) < 4.78 is 17.1. The van der Waals surface area contributed by atoms with Gasteiger partial charge in [0.05, 0.1) is 42.1 Å². The lowest BCUT2D eigenvalue weighted by Gasteiger charge is -2.42. The molecule has 6 atom stereocenters. The Balaban J connectivity index is 1.68. The summed E-state index contributed by atoms with van der Waals surface area (Å²) >= 11 is 0. The molecule has 1 saturated heterocycles. The molecule has 11 nitrogen and oxygen atoms in total. The second-order valence-corrected chi connectivity index (χ2v) is 10.1. The van der Waals surface area contributed by atoms with E-state index in [2.05, 4.69) is 0 Å². The number of aliphatic hydroxyl groups is 2. The van der Waals surface area contributed by atoms with Gasteiger partial charge in [-0.3, -0.25) is 14.4 Å². The summed E-state index contributed by atoms with van der Waals surface area (Å²) in [6, 6.07) is 3.75. The molecule has 0 amide bonds. The van der Waals surface area contributed by atoms with Gasteiger partial charge in [-0.15, -0.1) is 0 Å². The zero-order chi connectivity index (χ0) is 27.7. The Bertz CT molecular complexity index is 1360. The number of rotatable bonds is 4. The van der Waals surface area contributed by atoms with Gasteiger partial charge < -0.3 is 40.4 Å². The molecule has 5 rings (SSSR count). The fraction of sp³-hybridized carbons (Fsp3) is 0.444. The van der Waals surface area contributed by atoms with Crippen molar-refractivity contribution in [2.24, 2.45) is 5.73 Å². The molecule has 11 heteroatoms. The highest BCUT2D eigenvalue weighted by molar-refractivity contribution is 6.31. The fourth-order valence-corrected chi connectivity index (χ4v) is 5.66. The Morgan fingerprint density at radius 3 is 2.45 bits per heavy atom. The van der Waals surface area contributed by atoms with E-state index in [9.17, 15) is 34.8 Å². The Kier molecular flexibility index (Phi) is 6.32. The predicted octanol–water partition coefficient (Wildman–Crippen LogP) is 1.03. The van der Waals surface area contributed by atoms with E-state index in [1.165, 1.54) is 32.2 Å². The molecule has 0 radical (unpaired) electrons. The topological polar surface area (TPSA) is 186 Å². The van der Waals surface area contributed by atoms with Crippen LogP contribution in [0.4, 0.5) is 0 Å². The first-order valence-electron chi connectivity index (χ1n) is 12.2. The molecule has 0 bridgehead atoms. The fourth-order valence-electron chi connectivity index (χ4n) is 5.66. The number of hydrogen-bond acceptors (Lipinski definition) is 11. The van der Waals surface area contributed by atoms with E-state index >= 15 is 0 Å². The zero-order valence-electron chi connectivity index (χ0n) is 21.1. The highest BCUT2D eigenvalue weighted by Gasteiger charge is 2.49. The molecule has 0 aromatic heterocycles. The van der Waals surface area contributed by atoms with Crippen molar-refractivity contribution in [2.45, 2.75) is 69.4 Å². The number of methoxy groups -OCH3 is 1. The van der Waals surface area contributed by atoms with Crippen molar-refractivity contribution in [2.75, 3.05) is 7.11 Å². The number of carbonyl (C=O) groups excluding carboxylic acids is 3. The van der Waals surface area contributed by atoms with Crippen LogP contribution >= 0.6 is 0 Å². The molecule has 2 aromatic rings. The smallest absolute Gasteiger partial charge is 0.202 e. The van der Waals surface area contributed by atoms with Crippen LogP contribution in [-0.2, 0) is 20.7 Å². The summed E-state index contributed by atoms with van der Waals surface area (Å²) in [7, 11) is 1.34. The minimum atomic E-state index is -2.00. The van der Waals surface area contributed by atoms with Gasteiger partial charge in [-0.1, -0.05) is 12.1 Å². The molecule has 1 fully saturated rings. The first-order valence-corrected chi connectivity index (χ1v) is 12.2. The van der Waals surface area contributed by atoms with Gasteiger partial charge in [-0.05, 0) is 19.9 Å². The summed E-state index contributed by atoms with van der Waals surface area (Å²) in [5, 5.41) is 44.1. The van der Waals surface area contributed by atoms with E-state index in [1.807, 2.05) is 0 Å². The van der Waals surface area contributed by atoms with E-state index in [1.54, 1.807) is 6.92 Å². The molecule has 38 heavy (non-hydrogen) atoms. The molecule has 6 N–H and O–H groups in total. The Morgan fingerprint density at radius 2 is 1.82 bits per heavy atom. The summed E-state index contributed by atoms with van der Waals surface area (Å²) in [5.41, 5.74) is 2.97. The lowest BCUT2D eigenvalue weighted by atomic mass is 9.72. The largest absolute Gasteiger partial charge is 0.507 e. The third-order valence-corrected chi connectivity index (χ3v) is 7.80. The number of aromatic hydroxyl groups is 2. The zero-order valence-corrected chi connectivity index (χ0v) is 21.1. The number of carbonyl (C=O) groups is 3. The number of hydrogen-bond donors (Lipinski definition) is 5. The molecular weight excluding hydrogens is 498 g/mol. The minimum absolute atomic E-state index is 0.0147. The van der Waals surface area contributed by atoms with Crippen LogP contribution in [0, 0.1) is 0 Å². The molecule has 2 aromatic carbocycles. The summed E-state index contributed by atoms with van der Waals surface area (Å²) in [5.74, 6) is -3.18. The van der Waals surface area contributed by atoms with Crippen molar-refractivity contribution in [1.29, 1.82) is 0 Å². The van der Waals surface area contributed by atoms with Gasteiger partial charge in [0.2, 0.25) is 5.78 Å². The van der Waals surface area contributed by atoms with Gasteiger partial charge in [0.1, 0.15) is 22.8 Å². The predicted molar refractivity (Wildman–Crippen MR) is 130 cm³/mol. The van der Waals surface area contributed by atoms with Crippen LogP contribution in [-0.4, -0.2) is 75.0 Å². The van der Waals surface area contributed by atoms with Crippen molar-refractivity contribution >= 4 is 17.3 Å². The summed E-state index contributed by atoms with van der Waals surface area (Å²) in [6.45, 7) is 2.79. The van der Waals surface area contributed by atoms with Crippen LogP contribution in [0.3, 0.4) is 0 Å². The second-order valence-electron chi connectivity index (χ2n) is 10.1. The standard InChI is InChI=1S/C27H29NO10/c1-10-22(30)14(28)7-17(37-10)38-16-9-27(35,11(2)29)8-13-19(16)26(34)21-20(24(13)32)23(31)12-5-4-6-15(36-3)18(12)25(21)33/h4-6,10,14,16-17,22,30,32,34-35H,7-9,28H2,1-3H3/t10-,14+,16-,17+,22-,27+/m0/s1. The van der Waals surface area contributed by atoms with Crippen LogP contribution in [0.2, 0.25) is 0 Å². The van der Waals surface area contributed by atoms with Gasteiger partial charge in [0.25, 0.3) is 0 Å². The molecule has 1 aliphatic heterocycles. The number of Topliss-reactive ketones (excluding diaryl/α,β-unsaturated/α-hetero) is 1. The number of aliphatic hydroxyl groups excluding tert-OH is 1. The molecule has 0 spiro atoms. The summed E-state index contributed by atoms with van der Waals surface area (Å²) in [6.07, 6.45) is -4.53. The van der Waals surface area contributed by atoms with Crippen LogP contribution in [0.15, 0.2) is 18.2 Å². The molecule has 0 saturated carbocycles.